The van der Waals surface area contributed by atoms with Crippen LogP contribution in [0.2, 0.25) is 0 Å². The quantitative estimate of drug-likeness (QED) is 0.308. The molecule has 3 heterocycles. The van der Waals surface area contributed by atoms with E-state index in [1.54, 1.807) is 25.4 Å². The van der Waals surface area contributed by atoms with Gasteiger partial charge in [0.1, 0.15) is 23.6 Å². The van der Waals surface area contributed by atoms with Crippen molar-refractivity contribution in [1.82, 2.24) is 24.7 Å². The van der Waals surface area contributed by atoms with Gasteiger partial charge in [-0.25, -0.2) is 15.0 Å². The molecule has 5 rings (SSSR count). The van der Waals surface area contributed by atoms with Crippen molar-refractivity contribution in [3.63, 3.8) is 0 Å². The molecule has 5 aromatic rings. The number of fused-ring (bicyclic) bond motifs is 2. The second kappa shape index (κ2) is 9.78. The Balaban J connectivity index is 1.43. The highest BCUT2D eigenvalue weighted by atomic mass is 19.4. The molecule has 0 bridgehead atoms. The number of halogens is 3. The number of benzene rings is 2. The second-order valence-corrected chi connectivity index (χ2v) is 8.14. The van der Waals surface area contributed by atoms with Crippen LogP contribution in [0.5, 0.6) is 11.6 Å². The van der Waals surface area contributed by atoms with E-state index in [0.29, 0.717) is 11.2 Å². The van der Waals surface area contributed by atoms with Crippen molar-refractivity contribution in [1.29, 1.82) is 0 Å². The molecule has 0 aliphatic carbocycles. The fourth-order valence-corrected chi connectivity index (χ4v) is 3.79. The number of aromatic nitrogens is 5. The van der Waals surface area contributed by atoms with Gasteiger partial charge in [-0.3, -0.25) is 4.68 Å². The molecule has 3 aromatic heterocycles. The van der Waals surface area contributed by atoms with Gasteiger partial charge in [0.05, 0.1) is 19.3 Å². The van der Waals surface area contributed by atoms with E-state index in [4.69, 9.17) is 9.47 Å². The molecule has 7 nitrogen and oxygen atoms in total. The first-order valence-corrected chi connectivity index (χ1v) is 11.3. The maximum absolute atomic E-state index is 13.3. The lowest BCUT2D eigenvalue weighted by Gasteiger charge is -2.11. The molecule has 0 aliphatic heterocycles. The third-order valence-electron chi connectivity index (χ3n) is 5.52. The number of hydrogen-bond acceptors (Lipinski definition) is 6. The van der Waals surface area contributed by atoms with Crippen molar-refractivity contribution in [3.8, 4) is 23.5 Å². The summed E-state index contributed by atoms with van der Waals surface area (Å²) in [4.78, 5) is 13.1. The van der Waals surface area contributed by atoms with Crippen molar-refractivity contribution in [2.24, 2.45) is 0 Å². The summed E-state index contributed by atoms with van der Waals surface area (Å²) in [5.74, 6) is 6.92. The summed E-state index contributed by atoms with van der Waals surface area (Å²) in [5.41, 5.74) is 1.27. The molecule has 10 heteroatoms. The van der Waals surface area contributed by atoms with Crippen molar-refractivity contribution in [2.75, 3.05) is 13.7 Å². The zero-order valence-corrected chi connectivity index (χ0v) is 19.9. The monoisotopic (exact) mass is 503 g/mol. The van der Waals surface area contributed by atoms with Gasteiger partial charge < -0.3 is 9.47 Å². The molecule has 0 aliphatic rings. The standard InChI is InChI=1S/C27H20F3N5O2/c1-17-14-24(27(28,29)30)35(34-17)12-13-37-26-23(32-25-22(33-26)4-3-11-31-25)10-6-18-5-7-20-16-21(36-2)9-8-19(20)15-18/h3-5,7-9,11,14-16H,12-13H2,1-2H3. The van der Waals surface area contributed by atoms with Crippen LogP contribution in [-0.4, -0.2) is 38.4 Å². The molecule has 0 saturated carbocycles. The zero-order valence-electron chi connectivity index (χ0n) is 19.9. The topological polar surface area (TPSA) is 75.0 Å². The van der Waals surface area contributed by atoms with E-state index in [1.165, 1.54) is 6.92 Å². The van der Waals surface area contributed by atoms with E-state index in [0.717, 1.165) is 32.8 Å². The third kappa shape index (κ3) is 5.30. The Morgan fingerprint density at radius 1 is 0.973 bits per heavy atom. The normalized spacial score (nSPS) is 11.4. The number of pyridine rings is 1. The van der Waals surface area contributed by atoms with Gasteiger partial charge in [-0.1, -0.05) is 18.1 Å². The summed E-state index contributed by atoms with van der Waals surface area (Å²) < 4.78 is 51.8. The van der Waals surface area contributed by atoms with Crippen LogP contribution in [0.1, 0.15) is 22.6 Å². The summed E-state index contributed by atoms with van der Waals surface area (Å²) in [5, 5.41) is 5.93. The highest BCUT2D eigenvalue weighted by Gasteiger charge is 2.35. The summed E-state index contributed by atoms with van der Waals surface area (Å²) in [6.45, 7) is 1.26. The van der Waals surface area contributed by atoms with Crippen molar-refractivity contribution < 1.29 is 22.6 Å². The van der Waals surface area contributed by atoms with Crippen LogP contribution in [0.15, 0.2) is 60.8 Å². The summed E-state index contributed by atoms with van der Waals surface area (Å²) >= 11 is 0. The van der Waals surface area contributed by atoms with Gasteiger partial charge in [-0.15, -0.1) is 0 Å². The van der Waals surface area contributed by atoms with Crippen LogP contribution in [0.25, 0.3) is 21.9 Å². The molecule has 0 saturated heterocycles. The smallest absolute Gasteiger partial charge is 0.433 e. The van der Waals surface area contributed by atoms with E-state index >= 15 is 0 Å². The van der Waals surface area contributed by atoms with Gasteiger partial charge in [0.25, 0.3) is 0 Å². The summed E-state index contributed by atoms with van der Waals surface area (Å²) in [6.07, 6.45) is -2.93. The van der Waals surface area contributed by atoms with Crippen LogP contribution >= 0.6 is 0 Å². The van der Waals surface area contributed by atoms with Crippen LogP contribution < -0.4 is 9.47 Å². The predicted octanol–water partition coefficient (Wildman–Crippen LogP) is 5.19. The van der Waals surface area contributed by atoms with Crippen molar-refractivity contribution >= 4 is 21.9 Å². The van der Waals surface area contributed by atoms with Crippen molar-refractivity contribution in [3.05, 3.63) is 83.4 Å². The predicted molar refractivity (Wildman–Crippen MR) is 131 cm³/mol. The Labute approximate surface area is 209 Å². The van der Waals surface area contributed by atoms with E-state index in [1.807, 2.05) is 36.4 Å². The number of aryl methyl sites for hydroxylation is 1. The average molecular weight is 503 g/mol. The van der Waals surface area contributed by atoms with Crippen LogP contribution in [0, 0.1) is 18.8 Å². The lowest BCUT2D eigenvalue weighted by Crippen LogP contribution is -2.18. The summed E-state index contributed by atoms with van der Waals surface area (Å²) in [7, 11) is 1.62. The number of ether oxygens (including phenoxy) is 2. The second-order valence-electron chi connectivity index (χ2n) is 8.14. The summed E-state index contributed by atoms with van der Waals surface area (Å²) in [6, 6.07) is 15.9. The molecule has 0 atom stereocenters. The van der Waals surface area contributed by atoms with Crippen LogP contribution in [0.3, 0.4) is 0 Å². The van der Waals surface area contributed by atoms with E-state index in [2.05, 4.69) is 31.9 Å². The first-order chi connectivity index (χ1) is 17.8. The largest absolute Gasteiger partial charge is 0.497 e. The number of alkyl halides is 3. The Hall–Kier alpha value is -4.65. The third-order valence-corrected chi connectivity index (χ3v) is 5.52. The molecule has 0 radical (unpaired) electrons. The molecule has 186 valence electrons. The van der Waals surface area contributed by atoms with Crippen molar-refractivity contribution in [2.45, 2.75) is 19.6 Å². The first kappa shape index (κ1) is 24.1. The van der Waals surface area contributed by atoms with Gasteiger partial charge in [0, 0.05) is 11.8 Å². The number of rotatable bonds is 5. The van der Waals surface area contributed by atoms with E-state index in [9.17, 15) is 13.2 Å². The molecule has 0 unspecified atom stereocenters. The van der Waals surface area contributed by atoms with Gasteiger partial charge >= 0.3 is 6.18 Å². The maximum atomic E-state index is 13.3. The van der Waals surface area contributed by atoms with Gasteiger partial charge in [0.2, 0.25) is 5.88 Å². The number of hydrogen-bond donors (Lipinski definition) is 0. The molecule has 0 amide bonds. The molecule has 0 N–H and O–H groups in total. The Kier molecular flexibility index (Phi) is 6.36. The van der Waals surface area contributed by atoms with Gasteiger partial charge in [0.15, 0.2) is 11.3 Å². The lowest BCUT2D eigenvalue weighted by atomic mass is 10.1. The minimum Gasteiger partial charge on any atom is -0.497 e. The average Bonchev–Trinajstić information content (AvgIpc) is 3.27. The number of methoxy groups -OCH3 is 1. The first-order valence-electron chi connectivity index (χ1n) is 11.3. The highest BCUT2D eigenvalue weighted by molar-refractivity contribution is 5.85. The highest BCUT2D eigenvalue weighted by Crippen LogP contribution is 2.30. The fourth-order valence-electron chi connectivity index (χ4n) is 3.79. The molecule has 0 fully saturated rings. The molecule has 0 spiro atoms. The van der Waals surface area contributed by atoms with E-state index < -0.39 is 11.9 Å². The molecule has 37 heavy (non-hydrogen) atoms. The Morgan fingerprint density at radius 2 is 1.78 bits per heavy atom. The molecular formula is C27H20F3N5O2. The lowest BCUT2D eigenvalue weighted by molar-refractivity contribution is -0.144. The molecular weight excluding hydrogens is 483 g/mol. The minimum atomic E-state index is -4.52. The number of nitrogens with zero attached hydrogens (tertiary/aromatic N) is 5. The SMILES string of the molecule is COc1ccc2cc(C#Cc3nc4ncccc4nc3OCCn3nc(C)cc3C(F)(F)F)ccc2c1. The van der Waals surface area contributed by atoms with Crippen LogP contribution in [-0.2, 0) is 12.7 Å². The van der Waals surface area contributed by atoms with Gasteiger partial charge in [-0.05, 0) is 66.1 Å². The zero-order chi connectivity index (χ0) is 26.0. The van der Waals surface area contributed by atoms with Crippen LogP contribution in [0.4, 0.5) is 13.2 Å². The Morgan fingerprint density at radius 3 is 2.59 bits per heavy atom. The van der Waals surface area contributed by atoms with Gasteiger partial charge in [-0.2, -0.15) is 18.3 Å². The minimum absolute atomic E-state index is 0.107. The maximum Gasteiger partial charge on any atom is 0.433 e. The fraction of sp³-hybridized carbons (Fsp3) is 0.185. The Bertz CT molecular complexity index is 1670. The molecule has 2 aromatic carbocycles. The van der Waals surface area contributed by atoms with E-state index in [-0.39, 0.29) is 30.4 Å².